The monoisotopic (exact) mass is 384 g/mol. The van der Waals surface area contributed by atoms with E-state index >= 15 is 0 Å². The van der Waals surface area contributed by atoms with Gasteiger partial charge in [0, 0.05) is 26.1 Å². The zero-order valence-electron chi connectivity index (χ0n) is 15.1. The molecule has 1 heterocycles. The molecule has 1 saturated heterocycles. The number of aliphatic carboxylic acids is 1. The summed E-state index contributed by atoms with van der Waals surface area (Å²) in [5.41, 5.74) is 0.610. The minimum atomic E-state index is -3.95. The van der Waals surface area contributed by atoms with Gasteiger partial charge in [-0.05, 0) is 37.5 Å². The summed E-state index contributed by atoms with van der Waals surface area (Å²) < 4.78 is 32.8. The Labute approximate surface area is 153 Å². The number of carboxylic acid groups (broad SMARTS) is 1. The average Bonchev–Trinajstić information content (AvgIpc) is 2.59. The molecule has 0 aromatic heterocycles. The van der Waals surface area contributed by atoms with Crippen LogP contribution in [-0.2, 0) is 26.2 Å². The number of amides is 1. The Morgan fingerprint density at radius 1 is 1.35 bits per heavy atom. The van der Waals surface area contributed by atoms with Crippen molar-refractivity contribution in [3.05, 3.63) is 23.8 Å². The Balaban J connectivity index is 2.40. The van der Waals surface area contributed by atoms with E-state index in [2.05, 4.69) is 5.32 Å². The molecule has 2 N–H and O–H groups in total. The SMILES string of the molecule is COc1ccc(CNC(C)=O)cc1S(=O)(=O)N1CC(C(=O)O)CCC1C. The third kappa shape index (κ3) is 4.34. The fourth-order valence-electron chi connectivity index (χ4n) is 3.00. The number of nitrogens with one attached hydrogen (secondary N) is 1. The van der Waals surface area contributed by atoms with Gasteiger partial charge in [0.1, 0.15) is 10.6 Å². The van der Waals surface area contributed by atoms with Gasteiger partial charge in [0.25, 0.3) is 0 Å². The molecule has 0 saturated carbocycles. The minimum Gasteiger partial charge on any atom is -0.495 e. The normalized spacial score (nSPS) is 21.2. The maximum Gasteiger partial charge on any atom is 0.307 e. The zero-order chi connectivity index (χ0) is 19.5. The molecule has 2 rings (SSSR count). The molecule has 1 aromatic carbocycles. The van der Waals surface area contributed by atoms with Crippen molar-refractivity contribution in [2.75, 3.05) is 13.7 Å². The second kappa shape index (κ2) is 8.05. The van der Waals surface area contributed by atoms with Crippen LogP contribution in [0.1, 0.15) is 32.3 Å². The number of ether oxygens (including phenoxy) is 1. The van der Waals surface area contributed by atoms with Gasteiger partial charge in [0.2, 0.25) is 15.9 Å². The quantitative estimate of drug-likeness (QED) is 0.762. The van der Waals surface area contributed by atoms with Crippen molar-refractivity contribution >= 4 is 21.9 Å². The lowest BCUT2D eigenvalue weighted by Crippen LogP contribution is -2.47. The summed E-state index contributed by atoms with van der Waals surface area (Å²) in [4.78, 5) is 22.4. The molecule has 8 nitrogen and oxygen atoms in total. The van der Waals surface area contributed by atoms with Crippen molar-refractivity contribution in [2.45, 2.75) is 44.2 Å². The first-order valence-electron chi connectivity index (χ1n) is 8.32. The number of sulfonamides is 1. The number of carbonyl (C=O) groups excluding carboxylic acids is 1. The van der Waals surface area contributed by atoms with E-state index in [0.29, 0.717) is 18.4 Å². The molecule has 1 amide bonds. The number of rotatable bonds is 6. The van der Waals surface area contributed by atoms with E-state index in [1.165, 1.54) is 30.5 Å². The fraction of sp³-hybridized carbons (Fsp3) is 0.529. The van der Waals surface area contributed by atoms with Gasteiger partial charge in [-0.2, -0.15) is 4.31 Å². The van der Waals surface area contributed by atoms with Crippen molar-refractivity contribution in [3.8, 4) is 5.75 Å². The maximum atomic E-state index is 13.2. The average molecular weight is 384 g/mol. The van der Waals surface area contributed by atoms with E-state index in [0.717, 1.165) is 0 Å². The van der Waals surface area contributed by atoms with Gasteiger partial charge in [-0.3, -0.25) is 9.59 Å². The summed E-state index contributed by atoms with van der Waals surface area (Å²) in [5.74, 6) is -1.77. The van der Waals surface area contributed by atoms with Gasteiger partial charge in [0.05, 0.1) is 13.0 Å². The van der Waals surface area contributed by atoms with Gasteiger partial charge < -0.3 is 15.2 Å². The molecular formula is C17H24N2O6S. The van der Waals surface area contributed by atoms with Crippen LogP contribution >= 0.6 is 0 Å². The summed E-state index contributed by atoms with van der Waals surface area (Å²) >= 11 is 0. The summed E-state index contributed by atoms with van der Waals surface area (Å²) in [6.07, 6.45) is 0.923. The Morgan fingerprint density at radius 2 is 2.04 bits per heavy atom. The molecule has 1 aromatic rings. The lowest BCUT2D eigenvalue weighted by Gasteiger charge is -2.35. The number of carbonyl (C=O) groups is 2. The second-order valence-corrected chi connectivity index (χ2v) is 8.29. The molecule has 2 unspecified atom stereocenters. The van der Waals surface area contributed by atoms with Crippen molar-refractivity contribution in [2.24, 2.45) is 5.92 Å². The van der Waals surface area contributed by atoms with Crippen LogP contribution in [-0.4, -0.2) is 49.4 Å². The number of methoxy groups -OCH3 is 1. The first-order valence-corrected chi connectivity index (χ1v) is 9.76. The standard InChI is InChI=1S/C17H24N2O6S/c1-11-4-6-14(17(21)22)10-19(11)26(23,24)16-8-13(9-18-12(2)20)5-7-15(16)25-3/h5,7-8,11,14H,4,6,9-10H2,1-3H3,(H,18,20)(H,21,22). The molecule has 0 spiro atoms. The van der Waals surface area contributed by atoms with Gasteiger partial charge in [-0.15, -0.1) is 0 Å². The van der Waals surface area contributed by atoms with Crippen LogP contribution in [0.15, 0.2) is 23.1 Å². The topological polar surface area (TPSA) is 113 Å². The van der Waals surface area contributed by atoms with Crippen LogP contribution in [0.2, 0.25) is 0 Å². The number of carboxylic acids is 1. The lowest BCUT2D eigenvalue weighted by atomic mass is 9.96. The Kier molecular flexibility index (Phi) is 6.25. The van der Waals surface area contributed by atoms with Crippen molar-refractivity contribution in [1.29, 1.82) is 0 Å². The van der Waals surface area contributed by atoms with E-state index < -0.39 is 21.9 Å². The minimum absolute atomic E-state index is 0.0271. The molecule has 1 aliphatic heterocycles. The summed E-state index contributed by atoms with van der Waals surface area (Å²) in [6.45, 7) is 3.26. The molecule has 1 aliphatic rings. The predicted octanol–water partition coefficient (Wildman–Crippen LogP) is 1.21. The number of nitrogens with zero attached hydrogens (tertiary/aromatic N) is 1. The number of benzene rings is 1. The van der Waals surface area contributed by atoms with Crippen LogP contribution in [0.4, 0.5) is 0 Å². The highest BCUT2D eigenvalue weighted by atomic mass is 32.2. The number of hydrogen-bond donors (Lipinski definition) is 2. The Bertz CT molecular complexity index is 792. The lowest BCUT2D eigenvalue weighted by molar-refractivity contribution is -0.143. The molecule has 0 bridgehead atoms. The first kappa shape index (κ1) is 20.2. The van der Waals surface area contributed by atoms with E-state index in [1.807, 2.05) is 0 Å². The molecule has 0 radical (unpaired) electrons. The third-order valence-corrected chi connectivity index (χ3v) is 6.53. The summed E-state index contributed by atoms with van der Waals surface area (Å²) in [5, 5.41) is 11.9. The second-order valence-electron chi connectivity index (χ2n) is 6.43. The fourth-order valence-corrected chi connectivity index (χ4v) is 4.91. The van der Waals surface area contributed by atoms with Gasteiger partial charge in [0.15, 0.2) is 0 Å². The number of piperidine rings is 1. The molecule has 2 atom stereocenters. The van der Waals surface area contributed by atoms with E-state index in [9.17, 15) is 23.1 Å². The van der Waals surface area contributed by atoms with E-state index in [-0.39, 0.29) is 35.7 Å². The molecular weight excluding hydrogens is 360 g/mol. The summed E-state index contributed by atoms with van der Waals surface area (Å²) in [7, 11) is -2.57. The molecule has 26 heavy (non-hydrogen) atoms. The molecule has 0 aliphatic carbocycles. The van der Waals surface area contributed by atoms with E-state index in [1.54, 1.807) is 13.0 Å². The summed E-state index contributed by atoms with van der Waals surface area (Å²) in [6, 6.07) is 4.36. The third-order valence-electron chi connectivity index (χ3n) is 4.53. The zero-order valence-corrected chi connectivity index (χ0v) is 15.9. The smallest absolute Gasteiger partial charge is 0.307 e. The molecule has 144 valence electrons. The van der Waals surface area contributed by atoms with Crippen LogP contribution in [0.25, 0.3) is 0 Å². The highest BCUT2D eigenvalue weighted by molar-refractivity contribution is 7.89. The van der Waals surface area contributed by atoms with Gasteiger partial charge in [-0.25, -0.2) is 8.42 Å². The highest BCUT2D eigenvalue weighted by Crippen LogP contribution is 2.33. The first-order chi connectivity index (χ1) is 12.2. The number of hydrogen-bond acceptors (Lipinski definition) is 5. The Morgan fingerprint density at radius 3 is 2.62 bits per heavy atom. The van der Waals surface area contributed by atoms with E-state index in [4.69, 9.17) is 4.74 Å². The van der Waals surface area contributed by atoms with Crippen LogP contribution in [0, 0.1) is 5.92 Å². The van der Waals surface area contributed by atoms with Crippen LogP contribution in [0.5, 0.6) is 5.75 Å². The van der Waals surface area contributed by atoms with Crippen LogP contribution < -0.4 is 10.1 Å². The molecule has 1 fully saturated rings. The largest absolute Gasteiger partial charge is 0.495 e. The molecule has 9 heteroatoms. The van der Waals surface area contributed by atoms with Crippen molar-refractivity contribution in [3.63, 3.8) is 0 Å². The predicted molar refractivity (Wildman–Crippen MR) is 94.2 cm³/mol. The van der Waals surface area contributed by atoms with Crippen molar-refractivity contribution < 1.29 is 27.9 Å². The van der Waals surface area contributed by atoms with Gasteiger partial charge >= 0.3 is 5.97 Å². The maximum absolute atomic E-state index is 13.2. The van der Waals surface area contributed by atoms with Crippen LogP contribution in [0.3, 0.4) is 0 Å². The Hall–Kier alpha value is -2.13. The highest BCUT2D eigenvalue weighted by Gasteiger charge is 2.38. The van der Waals surface area contributed by atoms with Gasteiger partial charge in [-0.1, -0.05) is 6.07 Å². The van der Waals surface area contributed by atoms with Crippen molar-refractivity contribution in [1.82, 2.24) is 9.62 Å².